The van der Waals surface area contributed by atoms with Gasteiger partial charge in [-0.3, -0.25) is 0 Å². The van der Waals surface area contributed by atoms with Gasteiger partial charge < -0.3 is 8.83 Å². The zero-order valence-electron chi connectivity index (χ0n) is 26.6. The van der Waals surface area contributed by atoms with E-state index >= 15 is 0 Å². The summed E-state index contributed by atoms with van der Waals surface area (Å²) in [5.41, 5.74) is 9.03. The highest BCUT2D eigenvalue weighted by Crippen LogP contribution is 2.40. The Kier molecular flexibility index (Phi) is 6.39. The molecule has 10 rings (SSSR count). The van der Waals surface area contributed by atoms with Crippen molar-refractivity contribution in [2.45, 2.75) is 0 Å². The third-order valence-electron chi connectivity index (χ3n) is 9.13. The number of benzene rings is 7. The molecular weight excluding hydrogens is 617 g/mol. The number of furan rings is 1. The van der Waals surface area contributed by atoms with E-state index in [9.17, 15) is 0 Å². The van der Waals surface area contributed by atoms with Gasteiger partial charge in [-0.2, -0.15) is 0 Å². The van der Waals surface area contributed by atoms with Crippen LogP contribution in [0.5, 0.6) is 0 Å². The van der Waals surface area contributed by atoms with E-state index in [1.165, 1.54) is 0 Å². The van der Waals surface area contributed by atoms with Crippen LogP contribution in [0.1, 0.15) is 0 Å². The van der Waals surface area contributed by atoms with E-state index in [1.54, 1.807) is 0 Å². The summed E-state index contributed by atoms with van der Waals surface area (Å²) in [6, 6.07) is 53.2. The first-order chi connectivity index (χ1) is 24.7. The van der Waals surface area contributed by atoms with E-state index in [1.807, 2.05) is 109 Å². The fraction of sp³-hybridized carbons (Fsp3) is 0. The molecule has 0 spiro atoms. The fourth-order valence-electron chi connectivity index (χ4n) is 6.68. The minimum atomic E-state index is 0.594. The summed E-state index contributed by atoms with van der Waals surface area (Å²) in [5, 5.41) is 4.26. The largest absolute Gasteiger partial charge is 0.456 e. The molecule has 50 heavy (non-hydrogen) atoms. The molecule has 0 amide bonds. The fourth-order valence-corrected chi connectivity index (χ4v) is 6.68. The second-order valence-corrected chi connectivity index (χ2v) is 12.3. The highest BCUT2D eigenvalue weighted by Gasteiger charge is 2.17. The smallest absolute Gasteiger partial charge is 0.227 e. The molecule has 234 valence electrons. The topological polar surface area (TPSA) is 77.8 Å². The molecule has 0 fully saturated rings. The molecule has 0 aliphatic rings. The van der Waals surface area contributed by atoms with Crippen LogP contribution in [0.4, 0.5) is 0 Å². The number of nitrogens with zero attached hydrogens (tertiary/aromatic N) is 4. The van der Waals surface area contributed by atoms with Crippen molar-refractivity contribution in [3.63, 3.8) is 0 Å². The molecule has 0 unspecified atom stereocenters. The molecule has 0 saturated heterocycles. The zero-order chi connectivity index (χ0) is 33.0. The van der Waals surface area contributed by atoms with Crippen molar-refractivity contribution in [3.8, 4) is 56.7 Å². The molecule has 10 aromatic rings. The molecule has 0 atom stereocenters. The van der Waals surface area contributed by atoms with Crippen LogP contribution in [-0.4, -0.2) is 19.9 Å². The minimum Gasteiger partial charge on any atom is -0.456 e. The lowest BCUT2D eigenvalue weighted by Gasteiger charge is -2.10. The number of oxazole rings is 1. The standard InChI is InChI=1S/C44H26N4O2/c1-4-11-27(12-5-1)41-46-42(28-13-6-2-7-14-28)48-43(47-41)33-22-20-30-23-32(21-19-31(30)24-33)34-17-10-18-37-40(34)35-25-36-39(26-38(35)49-37)50-44(45-36)29-15-8-3-9-16-29/h1-26H. The van der Waals surface area contributed by atoms with Gasteiger partial charge in [-0.15, -0.1) is 0 Å². The Bertz CT molecular complexity index is 2800. The maximum atomic E-state index is 6.37. The Morgan fingerprint density at radius 1 is 0.360 bits per heavy atom. The van der Waals surface area contributed by atoms with Gasteiger partial charge in [0.25, 0.3) is 0 Å². The Morgan fingerprint density at radius 2 is 0.940 bits per heavy atom. The quantitative estimate of drug-likeness (QED) is 0.186. The van der Waals surface area contributed by atoms with Gasteiger partial charge in [0.05, 0.1) is 0 Å². The van der Waals surface area contributed by atoms with Gasteiger partial charge in [-0.25, -0.2) is 19.9 Å². The molecule has 3 heterocycles. The van der Waals surface area contributed by atoms with Gasteiger partial charge >= 0.3 is 0 Å². The molecule has 0 saturated carbocycles. The van der Waals surface area contributed by atoms with Crippen molar-refractivity contribution >= 4 is 43.8 Å². The molecule has 0 radical (unpaired) electrons. The first kappa shape index (κ1) is 28.1. The average Bonchev–Trinajstić information content (AvgIpc) is 3.78. The molecule has 7 aromatic carbocycles. The summed E-state index contributed by atoms with van der Waals surface area (Å²) in [6.07, 6.45) is 0. The molecule has 3 aromatic heterocycles. The predicted molar refractivity (Wildman–Crippen MR) is 199 cm³/mol. The summed E-state index contributed by atoms with van der Waals surface area (Å²) in [5.74, 6) is 2.51. The van der Waals surface area contributed by atoms with Crippen molar-refractivity contribution in [1.82, 2.24) is 19.9 Å². The van der Waals surface area contributed by atoms with Crippen LogP contribution < -0.4 is 0 Å². The maximum Gasteiger partial charge on any atom is 0.227 e. The number of hydrogen-bond acceptors (Lipinski definition) is 6. The van der Waals surface area contributed by atoms with Crippen molar-refractivity contribution in [1.29, 1.82) is 0 Å². The Morgan fingerprint density at radius 3 is 1.60 bits per heavy atom. The van der Waals surface area contributed by atoms with Crippen LogP contribution in [0.2, 0.25) is 0 Å². The normalized spacial score (nSPS) is 11.6. The summed E-state index contributed by atoms with van der Waals surface area (Å²) in [4.78, 5) is 19.5. The van der Waals surface area contributed by atoms with Crippen LogP contribution in [0.3, 0.4) is 0 Å². The van der Waals surface area contributed by atoms with E-state index in [0.29, 0.717) is 28.9 Å². The third-order valence-corrected chi connectivity index (χ3v) is 9.13. The highest BCUT2D eigenvalue weighted by molar-refractivity contribution is 6.15. The number of rotatable bonds is 5. The minimum absolute atomic E-state index is 0.594. The monoisotopic (exact) mass is 642 g/mol. The van der Waals surface area contributed by atoms with Crippen molar-refractivity contribution < 1.29 is 8.83 Å². The lowest BCUT2D eigenvalue weighted by Crippen LogP contribution is -2.00. The first-order valence-electron chi connectivity index (χ1n) is 16.5. The van der Waals surface area contributed by atoms with E-state index in [-0.39, 0.29) is 0 Å². The van der Waals surface area contributed by atoms with E-state index in [2.05, 4.69) is 48.5 Å². The number of hydrogen-bond donors (Lipinski definition) is 0. The Labute approximate surface area is 286 Å². The average molecular weight is 643 g/mol. The number of aromatic nitrogens is 4. The van der Waals surface area contributed by atoms with Gasteiger partial charge in [-0.05, 0) is 58.3 Å². The van der Waals surface area contributed by atoms with Gasteiger partial charge in [0, 0.05) is 39.1 Å². The van der Waals surface area contributed by atoms with Crippen LogP contribution in [0.15, 0.2) is 167 Å². The summed E-state index contributed by atoms with van der Waals surface area (Å²) in [6.45, 7) is 0. The van der Waals surface area contributed by atoms with Crippen LogP contribution >= 0.6 is 0 Å². The first-order valence-corrected chi connectivity index (χ1v) is 16.5. The zero-order valence-corrected chi connectivity index (χ0v) is 26.6. The third kappa shape index (κ3) is 4.81. The molecule has 0 aliphatic carbocycles. The summed E-state index contributed by atoms with van der Waals surface area (Å²) < 4.78 is 12.5. The molecule has 0 N–H and O–H groups in total. The number of fused-ring (bicyclic) bond motifs is 5. The second-order valence-electron chi connectivity index (χ2n) is 12.3. The predicted octanol–water partition coefficient (Wildman–Crippen LogP) is 11.4. The van der Waals surface area contributed by atoms with E-state index in [4.69, 9.17) is 28.8 Å². The highest BCUT2D eigenvalue weighted by atomic mass is 16.4. The lowest BCUT2D eigenvalue weighted by molar-refractivity contribution is 0.617. The van der Waals surface area contributed by atoms with Gasteiger partial charge in [-0.1, -0.05) is 115 Å². The SMILES string of the molecule is c1ccc(-c2nc(-c3ccccc3)nc(-c3ccc4cc(-c5cccc6oc7cc8oc(-c9ccccc9)nc8cc7c56)ccc4c3)n2)cc1. The van der Waals surface area contributed by atoms with Gasteiger partial charge in [0.15, 0.2) is 23.1 Å². The Balaban J connectivity index is 1.06. The molecule has 6 heteroatoms. The van der Waals surface area contributed by atoms with Gasteiger partial charge in [0.2, 0.25) is 5.89 Å². The summed E-state index contributed by atoms with van der Waals surface area (Å²) in [7, 11) is 0. The summed E-state index contributed by atoms with van der Waals surface area (Å²) >= 11 is 0. The molecule has 0 bridgehead atoms. The molecule has 6 nitrogen and oxygen atoms in total. The van der Waals surface area contributed by atoms with Crippen LogP contribution in [0.25, 0.3) is 101 Å². The second kappa shape index (κ2) is 11.4. The van der Waals surface area contributed by atoms with E-state index < -0.39 is 0 Å². The van der Waals surface area contributed by atoms with Crippen molar-refractivity contribution in [2.75, 3.05) is 0 Å². The molecule has 0 aliphatic heterocycles. The Hall–Kier alpha value is -6.92. The van der Waals surface area contributed by atoms with Crippen LogP contribution in [-0.2, 0) is 0 Å². The van der Waals surface area contributed by atoms with E-state index in [0.717, 1.165) is 71.6 Å². The maximum absolute atomic E-state index is 6.37. The molecular formula is C44H26N4O2. The lowest BCUT2D eigenvalue weighted by atomic mass is 9.96. The van der Waals surface area contributed by atoms with Gasteiger partial charge in [0.1, 0.15) is 16.7 Å². The van der Waals surface area contributed by atoms with Crippen molar-refractivity contribution in [3.05, 3.63) is 158 Å². The van der Waals surface area contributed by atoms with Crippen LogP contribution in [0, 0.1) is 0 Å². The van der Waals surface area contributed by atoms with Crippen molar-refractivity contribution in [2.24, 2.45) is 0 Å².